The molecule has 192 valence electrons. The fourth-order valence-electron chi connectivity index (χ4n) is 4.26. The topological polar surface area (TPSA) is 115 Å². The monoisotopic (exact) mass is 522 g/mol. The van der Waals surface area contributed by atoms with Crippen LogP contribution in [0.15, 0.2) is 48.0 Å². The molecule has 2 heterocycles. The molecule has 0 radical (unpaired) electrons. The second-order valence-corrected chi connectivity index (χ2v) is 9.20. The number of hydrogen-bond donors (Lipinski definition) is 1. The molecular formula is C27H26N2O7S. The SMILES string of the molecule is CCOC(=O)c1sc(N2C(=O)C(=O)C(=C(O)c3ccc(OC)cc3C)[C@@H]2c2ccccc2OC)nc1C. The van der Waals surface area contributed by atoms with E-state index < -0.39 is 23.7 Å². The summed E-state index contributed by atoms with van der Waals surface area (Å²) in [4.78, 5) is 45.2. The summed E-state index contributed by atoms with van der Waals surface area (Å²) in [7, 11) is 3.01. The maximum atomic E-state index is 13.5. The van der Waals surface area contributed by atoms with Crippen molar-refractivity contribution in [1.29, 1.82) is 0 Å². The predicted molar refractivity (Wildman–Crippen MR) is 138 cm³/mol. The van der Waals surface area contributed by atoms with Crippen LogP contribution in [0.25, 0.3) is 5.76 Å². The molecule has 4 rings (SSSR count). The number of methoxy groups -OCH3 is 2. The Morgan fingerprint density at radius 2 is 1.84 bits per heavy atom. The average Bonchev–Trinajstić information content (AvgIpc) is 3.40. The Hall–Kier alpha value is -4.18. The summed E-state index contributed by atoms with van der Waals surface area (Å²) in [5.74, 6) is -1.67. The van der Waals surface area contributed by atoms with Gasteiger partial charge in [0.2, 0.25) is 0 Å². The van der Waals surface area contributed by atoms with Gasteiger partial charge in [-0.2, -0.15) is 0 Å². The lowest BCUT2D eigenvalue weighted by atomic mass is 9.93. The van der Waals surface area contributed by atoms with Crippen LogP contribution >= 0.6 is 11.3 Å². The van der Waals surface area contributed by atoms with Crippen molar-refractivity contribution in [2.75, 3.05) is 25.7 Å². The van der Waals surface area contributed by atoms with Crippen LogP contribution in [0.2, 0.25) is 0 Å². The lowest BCUT2D eigenvalue weighted by Crippen LogP contribution is -2.29. The van der Waals surface area contributed by atoms with Gasteiger partial charge in [0.05, 0.1) is 32.1 Å². The highest BCUT2D eigenvalue weighted by Crippen LogP contribution is 2.46. The van der Waals surface area contributed by atoms with Gasteiger partial charge in [0, 0.05) is 11.1 Å². The highest BCUT2D eigenvalue weighted by atomic mass is 32.1. The van der Waals surface area contributed by atoms with E-state index in [1.165, 1.54) is 19.1 Å². The van der Waals surface area contributed by atoms with Gasteiger partial charge in [-0.05, 0) is 50.6 Å². The van der Waals surface area contributed by atoms with Crippen molar-refractivity contribution >= 4 is 39.9 Å². The number of esters is 1. The van der Waals surface area contributed by atoms with E-state index in [2.05, 4.69) is 4.98 Å². The highest BCUT2D eigenvalue weighted by Gasteiger charge is 2.49. The number of aryl methyl sites for hydroxylation is 2. The number of aliphatic hydroxyl groups is 1. The number of Topliss-reactive ketones (excluding diaryl/α,β-unsaturated/α-hetero) is 1. The summed E-state index contributed by atoms with van der Waals surface area (Å²) in [6.45, 7) is 5.26. The quantitative estimate of drug-likeness (QED) is 0.208. The molecule has 1 atom stereocenters. The maximum absolute atomic E-state index is 13.5. The van der Waals surface area contributed by atoms with E-state index in [1.807, 2.05) is 0 Å². The standard InChI is InChI=1S/C27H26N2O7S/c1-6-36-26(33)24-15(3)28-27(37-24)29-21(18-9-7-8-10-19(18)35-5)20(23(31)25(29)32)22(30)17-12-11-16(34-4)13-14(17)2/h7-13,21,30H,6H2,1-5H3/t21-/m0/s1. The van der Waals surface area contributed by atoms with Gasteiger partial charge in [0.25, 0.3) is 5.78 Å². The number of ether oxygens (including phenoxy) is 3. The molecule has 37 heavy (non-hydrogen) atoms. The van der Waals surface area contributed by atoms with Crippen LogP contribution in [0.5, 0.6) is 11.5 Å². The molecule has 1 aliphatic rings. The molecule has 0 spiro atoms. The molecule has 1 amide bonds. The van der Waals surface area contributed by atoms with E-state index in [9.17, 15) is 19.5 Å². The third-order valence-electron chi connectivity index (χ3n) is 6.02. The van der Waals surface area contributed by atoms with Crippen molar-refractivity contribution in [3.63, 3.8) is 0 Å². The van der Waals surface area contributed by atoms with Gasteiger partial charge in [0.1, 0.15) is 28.2 Å². The third kappa shape index (κ3) is 4.55. The second-order valence-electron chi connectivity index (χ2n) is 8.22. The first-order valence-electron chi connectivity index (χ1n) is 11.5. The predicted octanol–water partition coefficient (Wildman–Crippen LogP) is 4.58. The first-order chi connectivity index (χ1) is 17.7. The van der Waals surface area contributed by atoms with Gasteiger partial charge >= 0.3 is 11.9 Å². The molecule has 0 saturated carbocycles. The number of thiazole rings is 1. The number of hydrogen-bond acceptors (Lipinski definition) is 9. The number of aliphatic hydroxyl groups excluding tert-OH is 1. The van der Waals surface area contributed by atoms with Crippen molar-refractivity contribution in [3.05, 3.63) is 75.3 Å². The normalized spacial score (nSPS) is 16.7. The molecule has 1 aromatic heterocycles. The minimum absolute atomic E-state index is 0.117. The molecule has 1 N–H and O–H groups in total. The van der Waals surface area contributed by atoms with Crippen molar-refractivity contribution < 1.29 is 33.7 Å². The van der Waals surface area contributed by atoms with Crippen LogP contribution in [-0.4, -0.2) is 48.6 Å². The number of rotatable bonds is 7. The minimum atomic E-state index is -1.06. The number of ketones is 1. The maximum Gasteiger partial charge on any atom is 0.350 e. The number of para-hydroxylation sites is 1. The van der Waals surface area contributed by atoms with Crippen molar-refractivity contribution in [2.45, 2.75) is 26.8 Å². The minimum Gasteiger partial charge on any atom is -0.507 e. The van der Waals surface area contributed by atoms with Gasteiger partial charge in [-0.3, -0.25) is 14.5 Å². The van der Waals surface area contributed by atoms with Gasteiger partial charge in [-0.1, -0.05) is 29.5 Å². The van der Waals surface area contributed by atoms with Crippen molar-refractivity contribution in [1.82, 2.24) is 4.98 Å². The Balaban J connectivity index is 1.96. The summed E-state index contributed by atoms with van der Waals surface area (Å²) in [5.41, 5.74) is 1.75. The second kappa shape index (κ2) is 10.4. The van der Waals surface area contributed by atoms with E-state index in [0.717, 1.165) is 11.3 Å². The lowest BCUT2D eigenvalue weighted by molar-refractivity contribution is -0.132. The van der Waals surface area contributed by atoms with E-state index in [1.54, 1.807) is 63.2 Å². The number of carbonyl (C=O) groups excluding carboxylic acids is 3. The van der Waals surface area contributed by atoms with Crippen LogP contribution < -0.4 is 14.4 Å². The lowest BCUT2D eigenvalue weighted by Gasteiger charge is -2.24. The fourth-order valence-corrected chi connectivity index (χ4v) is 5.25. The summed E-state index contributed by atoms with van der Waals surface area (Å²) in [6, 6.07) is 10.9. The smallest absolute Gasteiger partial charge is 0.350 e. The first kappa shape index (κ1) is 25.9. The van der Waals surface area contributed by atoms with Crippen molar-refractivity contribution in [2.24, 2.45) is 0 Å². The number of aromatic nitrogens is 1. The zero-order chi connectivity index (χ0) is 26.9. The largest absolute Gasteiger partial charge is 0.507 e. The molecule has 9 nitrogen and oxygen atoms in total. The molecule has 1 saturated heterocycles. The van der Waals surface area contributed by atoms with E-state index in [4.69, 9.17) is 14.2 Å². The molecule has 10 heteroatoms. The molecular weight excluding hydrogens is 496 g/mol. The Morgan fingerprint density at radius 3 is 2.49 bits per heavy atom. The Bertz CT molecular complexity index is 1430. The number of amides is 1. The number of anilines is 1. The third-order valence-corrected chi connectivity index (χ3v) is 7.16. The molecule has 3 aromatic rings. The first-order valence-corrected chi connectivity index (χ1v) is 12.3. The van der Waals surface area contributed by atoms with Gasteiger partial charge in [0.15, 0.2) is 5.13 Å². The average molecular weight is 523 g/mol. The zero-order valence-corrected chi connectivity index (χ0v) is 21.8. The summed E-state index contributed by atoms with van der Waals surface area (Å²) >= 11 is 0.946. The summed E-state index contributed by atoms with van der Waals surface area (Å²) < 4.78 is 15.9. The molecule has 1 aliphatic heterocycles. The van der Waals surface area contributed by atoms with Crippen LogP contribution in [0.3, 0.4) is 0 Å². The number of nitrogens with zero attached hydrogens (tertiary/aromatic N) is 2. The van der Waals surface area contributed by atoms with Gasteiger partial charge < -0.3 is 19.3 Å². The van der Waals surface area contributed by atoms with E-state index in [0.29, 0.717) is 33.9 Å². The van der Waals surface area contributed by atoms with Crippen LogP contribution in [0.4, 0.5) is 5.13 Å². The molecule has 0 bridgehead atoms. The number of benzene rings is 2. The Morgan fingerprint density at radius 1 is 1.11 bits per heavy atom. The summed E-state index contributed by atoms with van der Waals surface area (Å²) in [5, 5.41) is 11.6. The summed E-state index contributed by atoms with van der Waals surface area (Å²) in [6.07, 6.45) is 0. The molecule has 2 aromatic carbocycles. The van der Waals surface area contributed by atoms with Crippen LogP contribution in [0, 0.1) is 13.8 Å². The van der Waals surface area contributed by atoms with E-state index in [-0.39, 0.29) is 27.9 Å². The van der Waals surface area contributed by atoms with Crippen LogP contribution in [0.1, 0.15) is 45.0 Å². The Kier molecular flexibility index (Phi) is 7.30. The fraction of sp³-hybridized carbons (Fsp3) is 0.259. The molecule has 0 unspecified atom stereocenters. The molecule has 1 fully saturated rings. The van der Waals surface area contributed by atoms with Gasteiger partial charge in [-0.25, -0.2) is 9.78 Å². The van der Waals surface area contributed by atoms with Crippen LogP contribution in [-0.2, 0) is 14.3 Å². The Labute approximate surface area is 217 Å². The molecule has 0 aliphatic carbocycles. The number of carbonyl (C=O) groups is 3. The van der Waals surface area contributed by atoms with Gasteiger partial charge in [-0.15, -0.1) is 0 Å². The van der Waals surface area contributed by atoms with E-state index >= 15 is 0 Å². The zero-order valence-electron chi connectivity index (χ0n) is 21.0. The highest BCUT2D eigenvalue weighted by molar-refractivity contribution is 7.17. The van der Waals surface area contributed by atoms with Crippen molar-refractivity contribution in [3.8, 4) is 11.5 Å².